The molecule has 1 fully saturated rings. The van der Waals surface area contributed by atoms with Crippen LogP contribution in [0.4, 0.5) is 11.5 Å². The van der Waals surface area contributed by atoms with E-state index in [1.165, 1.54) is 0 Å². The van der Waals surface area contributed by atoms with Crippen LogP contribution in [0.25, 0.3) is 0 Å². The van der Waals surface area contributed by atoms with Crippen molar-refractivity contribution >= 4 is 11.5 Å². The SMILES string of the molecule is COc1ccccc1N1CC[C@@H](CNc2nnc(C)c(C)c2C#N)C1. The summed E-state index contributed by atoms with van der Waals surface area (Å²) in [5, 5.41) is 21.0. The fourth-order valence-corrected chi connectivity index (χ4v) is 3.22. The average Bonchev–Trinajstić information content (AvgIpc) is 3.11. The van der Waals surface area contributed by atoms with Crippen molar-refractivity contribution in [2.75, 3.05) is 37.0 Å². The molecule has 2 aromatic rings. The van der Waals surface area contributed by atoms with Crippen LogP contribution < -0.4 is 15.0 Å². The van der Waals surface area contributed by atoms with Crippen molar-refractivity contribution in [3.63, 3.8) is 0 Å². The first-order valence-corrected chi connectivity index (χ1v) is 8.49. The maximum absolute atomic E-state index is 9.38. The summed E-state index contributed by atoms with van der Waals surface area (Å²) in [6.07, 6.45) is 1.09. The Kier molecular flexibility index (Phi) is 5.03. The third kappa shape index (κ3) is 3.50. The van der Waals surface area contributed by atoms with Crippen LogP contribution in [0.15, 0.2) is 24.3 Å². The van der Waals surface area contributed by atoms with Gasteiger partial charge in [-0.05, 0) is 43.9 Å². The number of rotatable bonds is 5. The average molecular weight is 337 g/mol. The number of nitrogens with one attached hydrogen (secondary N) is 1. The van der Waals surface area contributed by atoms with E-state index in [0.717, 1.165) is 48.7 Å². The molecule has 1 atom stereocenters. The highest BCUT2D eigenvalue weighted by molar-refractivity contribution is 5.59. The van der Waals surface area contributed by atoms with E-state index in [2.05, 4.69) is 32.5 Å². The van der Waals surface area contributed by atoms with Gasteiger partial charge in [-0.15, -0.1) is 5.10 Å². The lowest BCUT2D eigenvalue weighted by molar-refractivity contribution is 0.414. The number of anilines is 2. The highest BCUT2D eigenvalue weighted by Crippen LogP contribution is 2.32. The summed E-state index contributed by atoms with van der Waals surface area (Å²) in [7, 11) is 1.70. The van der Waals surface area contributed by atoms with E-state index in [-0.39, 0.29) is 0 Å². The van der Waals surface area contributed by atoms with Crippen LogP contribution >= 0.6 is 0 Å². The fourth-order valence-electron chi connectivity index (χ4n) is 3.22. The van der Waals surface area contributed by atoms with Gasteiger partial charge in [-0.25, -0.2) is 0 Å². The zero-order chi connectivity index (χ0) is 17.8. The number of hydrogen-bond donors (Lipinski definition) is 1. The number of nitrogens with zero attached hydrogens (tertiary/aromatic N) is 4. The lowest BCUT2D eigenvalue weighted by Gasteiger charge is -2.21. The van der Waals surface area contributed by atoms with E-state index in [1.54, 1.807) is 7.11 Å². The van der Waals surface area contributed by atoms with Crippen LogP contribution in [0.5, 0.6) is 5.75 Å². The molecule has 6 heteroatoms. The number of ether oxygens (including phenoxy) is 1. The molecule has 0 spiro atoms. The Labute approximate surface area is 148 Å². The van der Waals surface area contributed by atoms with Crippen LogP contribution in [-0.2, 0) is 0 Å². The Hall–Kier alpha value is -2.81. The summed E-state index contributed by atoms with van der Waals surface area (Å²) >= 11 is 0. The first-order chi connectivity index (χ1) is 12.1. The van der Waals surface area contributed by atoms with Gasteiger partial charge in [-0.3, -0.25) is 0 Å². The number of methoxy groups -OCH3 is 1. The molecular weight excluding hydrogens is 314 g/mol. The van der Waals surface area contributed by atoms with Gasteiger partial charge >= 0.3 is 0 Å². The predicted molar refractivity (Wildman–Crippen MR) is 98.0 cm³/mol. The molecule has 0 amide bonds. The van der Waals surface area contributed by atoms with E-state index in [0.29, 0.717) is 17.3 Å². The number of para-hydroxylation sites is 2. The molecule has 1 N–H and O–H groups in total. The summed E-state index contributed by atoms with van der Waals surface area (Å²) in [4.78, 5) is 2.35. The minimum atomic E-state index is 0.486. The first-order valence-electron chi connectivity index (χ1n) is 8.49. The molecule has 0 unspecified atom stereocenters. The minimum Gasteiger partial charge on any atom is -0.495 e. The normalized spacial score (nSPS) is 16.6. The second-order valence-electron chi connectivity index (χ2n) is 6.40. The van der Waals surface area contributed by atoms with Crippen LogP contribution in [0.3, 0.4) is 0 Å². The Bertz CT molecular complexity index is 799. The molecule has 1 aromatic carbocycles. The van der Waals surface area contributed by atoms with E-state index in [4.69, 9.17) is 4.74 Å². The lowest BCUT2D eigenvalue weighted by atomic mass is 10.1. The molecular formula is C19H23N5O. The second kappa shape index (κ2) is 7.39. The summed E-state index contributed by atoms with van der Waals surface area (Å²) in [6, 6.07) is 10.3. The van der Waals surface area contributed by atoms with Crippen molar-refractivity contribution in [1.82, 2.24) is 10.2 Å². The number of hydrogen-bond acceptors (Lipinski definition) is 6. The molecule has 3 rings (SSSR count). The van der Waals surface area contributed by atoms with Crippen molar-refractivity contribution in [1.29, 1.82) is 5.26 Å². The number of aryl methyl sites for hydroxylation is 1. The maximum Gasteiger partial charge on any atom is 0.166 e. The number of nitriles is 1. The first kappa shape index (κ1) is 17.0. The van der Waals surface area contributed by atoms with E-state index in [9.17, 15) is 5.26 Å². The molecule has 0 bridgehead atoms. The van der Waals surface area contributed by atoms with E-state index < -0.39 is 0 Å². The van der Waals surface area contributed by atoms with Crippen LogP contribution in [0.1, 0.15) is 23.2 Å². The van der Waals surface area contributed by atoms with Crippen molar-refractivity contribution in [3.05, 3.63) is 41.1 Å². The van der Waals surface area contributed by atoms with Gasteiger partial charge in [0.25, 0.3) is 0 Å². The summed E-state index contributed by atoms with van der Waals surface area (Å²) in [6.45, 7) is 6.50. The Morgan fingerprint density at radius 1 is 1.32 bits per heavy atom. The molecule has 1 saturated heterocycles. The van der Waals surface area contributed by atoms with E-state index >= 15 is 0 Å². The Morgan fingerprint density at radius 3 is 2.88 bits per heavy atom. The second-order valence-corrected chi connectivity index (χ2v) is 6.40. The molecule has 130 valence electrons. The van der Waals surface area contributed by atoms with Crippen molar-refractivity contribution in [2.45, 2.75) is 20.3 Å². The third-order valence-electron chi connectivity index (χ3n) is 4.84. The van der Waals surface area contributed by atoms with Gasteiger partial charge in [0, 0.05) is 19.6 Å². The molecule has 1 aliphatic rings. The maximum atomic E-state index is 9.38. The number of benzene rings is 1. The molecule has 6 nitrogen and oxygen atoms in total. The number of aromatic nitrogens is 2. The van der Waals surface area contributed by atoms with Gasteiger partial charge in [0.2, 0.25) is 0 Å². The summed E-state index contributed by atoms with van der Waals surface area (Å²) in [5.41, 5.74) is 3.41. The van der Waals surface area contributed by atoms with Crippen molar-refractivity contribution in [3.8, 4) is 11.8 Å². The highest BCUT2D eigenvalue weighted by atomic mass is 16.5. The molecule has 0 saturated carbocycles. The minimum absolute atomic E-state index is 0.486. The largest absolute Gasteiger partial charge is 0.495 e. The third-order valence-corrected chi connectivity index (χ3v) is 4.84. The van der Waals surface area contributed by atoms with Gasteiger partial charge < -0.3 is 15.0 Å². The quantitative estimate of drug-likeness (QED) is 0.904. The summed E-state index contributed by atoms with van der Waals surface area (Å²) in [5.74, 6) is 1.98. The van der Waals surface area contributed by atoms with Crippen LogP contribution in [-0.4, -0.2) is 36.9 Å². The topological polar surface area (TPSA) is 74.1 Å². The van der Waals surface area contributed by atoms with E-state index in [1.807, 2.05) is 32.0 Å². The Balaban J connectivity index is 1.65. The molecule has 2 heterocycles. The van der Waals surface area contributed by atoms with Crippen molar-refractivity contribution < 1.29 is 4.74 Å². The fraction of sp³-hybridized carbons (Fsp3) is 0.421. The molecule has 0 radical (unpaired) electrons. The zero-order valence-corrected chi connectivity index (χ0v) is 14.9. The van der Waals surface area contributed by atoms with Crippen LogP contribution in [0.2, 0.25) is 0 Å². The summed E-state index contributed by atoms with van der Waals surface area (Å²) < 4.78 is 5.47. The van der Waals surface area contributed by atoms with Gasteiger partial charge in [-0.2, -0.15) is 10.4 Å². The Morgan fingerprint density at radius 2 is 2.12 bits per heavy atom. The van der Waals surface area contributed by atoms with Gasteiger partial charge in [0.1, 0.15) is 17.4 Å². The highest BCUT2D eigenvalue weighted by Gasteiger charge is 2.25. The monoisotopic (exact) mass is 337 g/mol. The van der Waals surface area contributed by atoms with Gasteiger partial charge in [0.15, 0.2) is 5.82 Å². The predicted octanol–water partition coefficient (Wildman–Crippen LogP) is 2.91. The zero-order valence-electron chi connectivity index (χ0n) is 14.9. The standard InChI is InChI=1S/C19H23N5O/c1-13-14(2)22-23-19(16(13)10-20)21-11-15-8-9-24(12-15)17-6-4-5-7-18(17)25-3/h4-7,15H,8-9,11-12H2,1-3H3,(H,21,23)/t15-/m0/s1. The molecule has 25 heavy (non-hydrogen) atoms. The lowest BCUT2D eigenvalue weighted by Crippen LogP contribution is -2.23. The molecule has 1 aliphatic heterocycles. The van der Waals surface area contributed by atoms with Gasteiger partial charge in [0.05, 0.1) is 18.5 Å². The van der Waals surface area contributed by atoms with Gasteiger partial charge in [-0.1, -0.05) is 12.1 Å². The van der Waals surface area contributed by atoms with Crippen LogP contribution in [0, 0.1) is 31.1 Å². The molecule has 1 aromatic heterocycles. The molecule has 0 aliphatic carbocycles. The smallest absolute Gasteiger partial charge is 0.166 e. The van der Waals surface area contributed by atoms with Crippen molar-refractivity contribution in [2.24, 2.45) is 5.92 Å².